The van der Waals surface area contributed by atoms with Gasteiger partial charge in [0.05, 0.1) is 19.4 Å². The van der Waals surface area contributed by atoms with Crippen LogP contribution in [0.1, 0.15) is 22.5 Å². The van der Waals surface area contributed by atoms with Crippen LogP contribution in [-0.2, 0) is 16.0 Å². The van der Waals surface area contributed by atoms with E-state index in [0.717, 1.165) is 5.56 Å². The van der Waals surface area contributed by atoms with Crippen LogP contribution in [0.3, 0.4) is 0 Å². The number of primary amides is 1. The summed E-state index contributed by atoms with van der Waals surface area (Å²) in [6.45, 7) is 3.89. The summed E-state index contributed by atoms with van der Waals surface area (Å²) in [4.78, 5) is 51.8. The van der Waals surface area contributed by atoms with Crippen LogP contribution in [0, 0.1) is 0 Å². The lowest BCUT2D eigenvalue weighted by atomic mass is 10.0. The number of hydrogen-bond donors (Lipinski definition) is 4. The summed E-state index contributed by atoms with van der Waals surface area (Å²) >= 11 is 0. The molecule has 1 saturated heterocycles. The van der Waals surface area contributed by atoms with Gasteiger partial charge in [-0.15, -0.1) is 6.58 Å². The van der Waals surface area contributed by atoms with E-state index in [0.29, 0.717) is 5.75 Å². The van der Waals surface area contributed by atoms with Crippen LogP contribution in [-0.4, -0.2) is 67.0 Å². The van der Waals surface area contributed by atoms with E-state index < -0.39 is 41.9 Å². The van der Waals surface area contributed by atoms with Gasteiger partial charge in [0.2, 0.25) is 11.8 Å². The Morgan fingerprint density at radius 3 is 2.60 bits per heavy atom. The Kier molecular flexibility index (Phi) is 8.49. The fourth-order valence-electron chi connectivity index (χ4n) is 3.84. The molecule has 3 rings (SSSR count). The maximum absolute atomic E-state index is 13.2. The second-order valence-electron chi connectivity index (χ2n) is 8.04. The Labute approximate surface area is 202 Å². The van der Waals surface area contributed by atoms with Crippen LogP contribution in [0.4, 0.5) is 4.79 Å². The van der Waals surface area contributed by atoms with Gasteiger partial charge in [-0.2, -0.15) is 0 Å². The van der Waals surface area contributed by atoms with Crippen LogP contribution >= 0.6 is 0 Å². The number of likely N-dealkylation sites (tertiary alicyclic amines) is 1. The highest BCUT2D eigenvalue weighted by Gasteiger charge is 2.42. The highest BCUT2D eigenvalue weighted by atomic mass is 16.5. The summed E-state index contributed by atoms with van der Waals surface area (Å²) in [5.41, 5.74) is 6.32. The minimum Gasteiger partial charge on any atom is -0.497 e. The molecule has 5 amide bonds. The molecule has 35 heavy (non-hydrogen) atoms. The molecule has 0 bridgehead atoms. The first kappa shape index (κ1) is 25.3. The Bertz CT molecular complexity index is 1050. The van der Waals surface area contributed by atoms with E-state index in [2.05, 4.69) is 22.5 Å². The first-order valence-electron chi connectivity index (χ1n) is 11.0. The Morgan fingerprint density at radius 2 is 2.00 bits per heavy atom. The first-order valence-corrected chi connectivity index (χ1v) is 11.0. The van der Waals surface area contributed by atoms with E-state index in [-0.39, 0.29) is 31.7 Å². The van der Waals surface area contributed by atoms with Gasteiger partial charge in [0.15, 0.2) is 5.76 Å². The lowest BCUT2D eigenvalue weighted by Gasteiger charge is -2.25. The summed E-state index contributed by atoms with van der Waals surface area (Å²) in [6, 6.07) is 7.18. The van der Waals surface area contributed by atoms with Crippen molar-refractivity contribution in [2.45, 2.75) is 31.0 Å². The topological polar surface area (TPSA) is 156 Å². The zero-order chi connectivity index (χ0) is 25.4. The summed E-state index contributed by atoms with van der Waals surface area (Å²) < 4.78 is 10.3. The molecule has 0 saturated carbocycles. The molecule has 0 aliphatic carbocycles. The molecular weight excluding hydrogens is 454 g/mol. The monoisotopic (exact) mass is 483 g/mol. The highest BCUT2D eigenvalue weighted by molar-refractivity contribution is 5.97. The number of urea groups is 1. The van der Waals surface area contributed by atoms with Gasteiger partial charge in [0.1, 0.15) is 17.8 Å². The average molecular weight is 484 g/mol. The second-order valence-corrected chi connectivity index (χ2v) is 8.04. The third-order valence-electron chi connectivity index (χ3n) is 5.60. The fraction of sp³-hybridized carbons (Fsp3) is 0.333. The third-order valence-corrected chi connectivity index (χ3v) is 5.60. The number of carbonyl (C=O) groups excluding carboxylic acids is 4. The molecule has 2 aromatic rings. The molecule has 1 fully saturated rings. The zero-order valence-corrected chi connectivity index (χ0v) is 19.4. The van der Waals surface area contributed by atoms with Crippen molar-refractivity contribution in [1.82, 2.24) is 20.9 Å². The number of furan rings is 1. The highest BCUT2D eigenvalue weighted by Crippen LogP contribution is 2.22. The van der Waals surface area contributed by atoms with Crippen molar-refractivity contribution in [3.63, 3.8) is 0 Å². The Morgan fingerprint density at radius 1 is 1.26 bits per heavy atom. The standard InChI is InChI=1S/C24H29N5O6/c1-3-10-26-24(33)27-16-13-19(29(14-16)23(32)20-5-4-11-35-20)22(31)28-18(21(25)30)12-15-6-8-17(34-2)9-7-15/h3-9,11,16,18-19H,1,10,12-14H2,2H3,(H2,25,30)(H,28,31)(H2,26,27,33). The average Bonchev–Trinajstić information content (AvgIpc) is 3.53. The lowest BCUT2D eigenvalue weighted by molar-refractivity contribution is -0.129. The van der Waals surface area contributed by atoms with Gasteiger partial charge >= 0.3 is 6.03 Å². The molecule has 5 N–H and O–H groups in total. The van der Waals surface area contributed by atoms with E-state index in [1.54, 1.807) is 37.4 Å². The molecule has 1 aliphatic rings. The molecule has 0 spiro atoms. The van der Waals surface area contributed by atoms with Crippen LogP contribution in [0.25, 0.3) is 0 Å². The second kappa shape index (κ2) is 11.7. The number of nitrogens with one attached hydrogen (secondary N) is 3. The van der Waals surface area contributed by atoms with E-state index in [1.165, 1.54) is 23.3 Å². The van der Waals surface area contributed by atoms with Crippen LogP contribution in [0.5, 0.6) is 5.75 Å². The van der Waals surface area contributed by atoms with Gasteiger partial charge in [0, 0.05) is 19.5 Å². The van der Waals surface area contributed by atoms with Crippen molar-refractivity contribution in [3.05, 3.63) is 66.6 Å². The summed E-state index contributed by atoms with van der Waals surface area (Å²) in [6.07, 6.45) is 3.20. The van der Waals surface area contributed by atoms with Crippen LogP contribution in [0.2, 0.25) is 0 Å². The van der Waals surface area contributed by atoms with Crippen molar-refractivity contribution < 1.29 is 28.3 Å². The molecule has 1 aromatic heterocycles. The van der Waals surface area contributed by atoms with Crippen molar-refractivity contribution in [2.24, 2.45) is 5.73 Å². The molecule has 11 nitrogen and oxygen atoms in total. The SMILES string of the molecule is C=CCNC(=O)NC1CC(C(=O)NC(Cc2ccc(OC)cc2)C(N)=O)N(C(=O)c2ccco2)C1. The maximum Gasteiger partial charge on any atom is 0.315 e. The molecule has 186 valence electrons. The van der Waals surface area contributed by atoms with Crippen molar-refractivity contribution in [1.29, 1.82) is 0 Å². The van der Waals surface area contributed by atoms with Gasteiger partial charge in [-0.05, 0) is 36.2 Å². The maximum atomic E-state index is 13.2. The van der Waals surface area contributed by atoms with E-state index in [4.69, 9.17) is 14.9 Å². The number of ether oxygens (including phenoxy) is 1. The number of nitrogens with two attached hydrogens (primary N) is 1. The molecule has 1 aliphatic heterocycles. The smallest absolute Gasteiger partial charge is 0.315 e. The predicted octanol–water partition coefficient (Wildman–Crippen LogP) is 0.569. The minimum absolute atomic E-state index is 0.0595. The fourth-order valence-corrected chi connectivity index (χ4v) is 3.84. The molecule has 1 aromatic carbocycles. The first-order chi connectivity index (χ1) is 16.8. The van der Waals surface area contributed by atoms with Gasteiger partial charge in [-0.3, -0.25) is 14.4 Å². The Balaban J connectivity index is 1.74. The molecule has 11 heteroatoms. The summed E-state index contributed by atoms with van der Waals surface area (Å²) in [5.74, 6) is -1.06. The number of rotatable bonds is 10. The molecular formula is C24H29N5O6. The van der Waals surface area contributed by atoms with Crippen molar-refractivity contribution >= 4 is 23.8 Å². The number of amides is 5. The van der Waals surface area contributed by atoms with Crippen molar-refractivity contribution in [2.75, 3.05) is 20.2 Å². The van der Waals surface area contributed by atoms with E-state index in [9.17, 15) is 19.2 Å². The van der Waals surface area contributed by atoms with E-state index in [1.807, 2.05) is 0 Å². The normalized spacial score (nSPS) is 17.8. The molecule has 3 unspecified atom stereocenters. The van der Waals surface area contributed by atoms with Crippen LogP contribution < -0.4 is 26.4 Å². The summed E-state index contributed by atoms with van der Waals surface area (Å²) in [5, 5.41) is 8.01. The predicted molar refractivity (Wildman–Crippen MR) is 126 cm³/mol. The number of carbonyl (C=O) groups is 4. The molecule has 2 heterocycles. The van der Waals surface area contributed by atoms with Crippen molar-refractivity contribution in [3.8, 4) is 5.75 Å². The lowest BCUT2D eigenvalue weighted by Crippen LogP contribution is -2.53. The zero-order valence-electron chi connectivity index (χ0n) is 19.4. The quantitative estimate of drug-likeness (QED) is 0.362. The van der Waals surface area contributed by atoms with Gasteiger partial charge in [0.25, 0.3) is 5.91 Å². The molecule has 3 atom stereocenters. The number of nitrogens with zero attached hydrogens (tertiary/aromatic N) is 1. The number of benzene rings is 1. The number of methoxy groups -OCH3 is 1. The largest absolute Gasteiger partial charge is 0.497 e. The van der Waals surface area contributed by atoms with Gasteiger partial charge in [-0.1, -0.05) is 18.2 Å². The van der Waals surface area contributed by atoms with E-state index >= 15 is 0 Å². The molecule has 0 radical (unpaired) electrons. The van der Waals surface area contributed by atoms with Gasteiger partial charge < -0.3 is 35.7 Å². The number of hydrogen-bond acceptors (Lipinski definition) is 6. The summed E-state index contributed by atoms with van der Waals surface area (Å²) in [7, 11) is 1.55. The third kappa shape index (κ3) is 6.62. The van der Waals surface area contributed by atoms with Gasteiger partial charge in [-0.25, -0.2) is 4.79 Å². The van der Waals surface area contributed by atoms with Crippen LogP contribution in [0.15, 0.2) is 59.7 Å². The Hall–Kier alpha value is -4.28. The minimum atomic E-state index is -1.00.